The molecule has 0 N–H and O–H groups in total. The minimum absolute atomic E-state index is 0.0478. The van der Waals surface area contributed by atoms with E-state index in [9.17, 15) is 9.59 Å². The zero-order chi connectivity index (χ0) is 16.6. The topological polar surface area (TPSA) is 72.6 Å². The molecule has 0 bridgehead atoms. The van der Waals surface area contributed by atoms with Crippen LogP contribution in [0.15, 0.2) is 28.7 Å². The molecule has 1 aliphatic heterocycles. The van der Waals surface area contributed by atoms with Crippen LogP contribution < -0.4 is 0 Å². The molecule has 0 spiro atoms. The molecule has 6 nitrogen and oxygen atoms in total. The summed E-state index contributed by atoms with van der Waals surface area (Å²) in [4.78, 5) is 30.7. The fraction of sp³-hybridized carbons (Fsp3) is 0.471. The number of benzene rings is 1. The molecule has 122 valence electrons. The van der Waals surface area contributed by atoms with Crippen LogP contribution in [0.5, 0.6) is 0 Å². The number of ketones is 1. The van der Waals surface area contributed by atoms with Crippen LogP contribution >= 0.6 is 0 Å². The molecular formula is C17H20N2O4. The van der Waals surface area contributed by atoms with E-state index in [0.717, 1.165) is 6.42 Å². The maximum atomic E-state index is 12.7. The van der Waals surface area contributed by atoms with Crippen molar-refractivity contribution in [3.63, 3.8) is 0 Å². The van der Waals surface area contributed by atoms with Gasteiger partial charge in [-0.2, -0.15) is 0 Å². The maximum absolute atomic E-state index is 12.7. The molecule has 0 radical (unpaired) electrons. The van der Waals surface area contributed by atoms with Crippen molar-refractivity contribution in [2.45, 2.75) is 45.3 Å². The van der Waals surface area contributed by atoms with Crippen molar-refractivity contribution < 1.29 is 18.7 Å². The van der Waals surface area contributed by atoms with E-state index in [1.165, 1.54) is 4.90 Å². The Morgan fingerprint density at radius 2 is 2.04 bits per heavy atom. The van der Waals surface area contributed by atoms with Gasteiger partial charge < -0.3 is 9.15 Å². The summed E-state index contributed by atoms with van der Waals surface area (Å²) in [7, 11) is 0. The molecule has 2 heterocycles. The van der Waals surface area contributed by atoms with E-state index in [-0.39, 0.29) is 11.7 Å². The lowest BCUT2D eigenvalue weighted by molar-refractivity contribution is 0.0219. The molecule has 6 heteroatoms. The quantitative estimate of drug-likeness (QED) is 0.794. The highest BCUT2D eigenvalue weighted by Crippen LogP contribution is 2.25. The second-order valence-electron chi connectivity index (χ2n) is 6.68. The normalized spacial score (nSPS) is 18.4. The Bertz CT molecular complexity index is 711. The van der Waals surface area contributed by atoms with Gasteiger partial charge in [-0.1, -0.05) is 12.1 Å². The number of para-hydroxylation sites is 2. The second-order valence-corrected chi connectivity index (χ2v) is 6.68. The predicted molar refractivity (Wildman–Crippen MR) is 84.3 cm³/mol. The van der Waals surface area contributed by atoms with E-state index in [0.29, 0.717) is 24.1 Å². The molecule has 23 heavy (non-hydrogen) atoms. The average Bonchev–Trinajstić information content (AvgIpc) is 3.11. The van der Waals surface area contributed by atoms with Gasteiger partial charge in [0.05, 0.1) is 0 Å². The van der Waals surface area contributed by atoms with Crippen molar-refractivity contribution in [1.29, 1.82) is 0 Å². The molecule has 1 aromatic carbocycles. The smallest absolute Gasteiger partial charge is 0.410 e. The molecule has 1 saturated heterocycles. The lowest BCUT2D eigenvalue weighted by atomic mass is 10.1. The van der Waals surface area contributed by atoms with Gasteiger partial charge in [-0.25, -0.2) is 9.78 Å². The van der Waals surface area contributed by atoms with Crippen LogP contribution in [0.25, 0.3) is 11.1 Å². The van der Waals surface area contributed by atoms with Gasteiger partial charge in [-0.05, 0) is 45.7 Å². The number of carbonyl (C=O) groups is 2. The van der Waals surface area contributed by atoms with Gasteiger partial charge in [0.25, 0.3) is 5.89 Å². The van der Waals surface area contributed by atoms with Crippen LogP contribution in [0.3, 0.4) is 0 Å². The molecule has 3 rings (SSSR count). The molecule has 1 aliphatic rings. The molecule has 1 amide bonds. The SMILES string of the molecule is CC(C)(C)OC(=O)N1CCC[C@H]1C(=O)c1nc2ccccc2o1. The molecule has 2 aromatic rings. The first-order valence-corrected chi connectivity index (χ1v) is 7.74. The highest BCUT2D eigenvalue weighted by atomic mass is 16.6. The number of oxazole rings is 1. The van der Waals surface area contributed by atoms with E-state index in [1.807, 2.05) is 12.1 Å². The first kappa shape index (κ1) is 15.5. The maximum Gasteiger partial charge on any atom is 0.410 e. The molecular weight excluding hydrogens is 296 g/mol. The van der Waals surface area contributed by atoms with Crippen molar-refractivity contribution in [2.24, 2.45) is 0 Å². The molecule has 1 fully saturated rings. The first-order chi connectivity index (χ1) is 10.8. The van der Waals surface area contributed by atoms with E-state index < -0.39 is 17.7 Å². The van der Waals surface area contributed by atoms with Gasteiger partial charge in [0.2, 0.25) is 5.78 Å². The zero-order valence-electron chi connectivity index (χ0n) is 13.5. The van der Waals surface area contributed by atoms with Crippen molar-refractivity contribution in [1.82, 2.24) is 9.88 Å². The summed E-state index contributed by atoms with van der Waals surface area (Å²) < 4.78 is 10.9. The van der Waals surface area contributed by atoms with Crippen LogP contribution in [0.4, 0.5) is 4.79 Å². The number of Topliss-reactive ketones (excluding diaryl/α,β-unsaturated/α-hetero) is 1. The Kier molecular flexibility index (Phi) is 3.83. The highest BCUT2D eigenvalue weighted by molar-refractivity contribution is 5.99. The lowest BCUT2D eigenvalue weighted by Crippen LogP contribution is -2.43. The number of hydrogen-bond donors (Lipinski definition) is 0. The molecule has 1 atom stereocenters. The summed E-state index contributed by atoms with van der Waals surface area (Å²) in [5, 5.41) is 0. The van der Waals surface area contributed by atoms with Gasteiger partial charge in [-0.15, -0.1) is 0 Å². The van der Waals surface area contributed by atoms with E-state index in [4.69, 9.17) is 9.15 Å². The number of likely N-dealkylation sites (tertiary alicyclic amines) is 1. The van der Waals surface area contributed by atoms with E-state index in [1.54, 1.807) is 32.9 Å². The van der Waals surface area contributed by atoms with Crippen molar-refractivity contribution in [2.75, 3.05) is 6.54 Å². The minimum Gasteiger partial charge on any atom is -0.444 e. The summed E-state index contributed by atoms with van der Waals surface area (Å²) in [5.41, 5.74) is 0.612. The molecule has 1 aromatic heterocycles. The number of rotatable bonds is 2. The third-order valence-corrected chi connectivity index (χ3v) is 3.69. The fourth-order valence-electron chi connectivity index (χ4n) is 2.70. The Morgan fingerprint density at radius 3 is 2.74 bits per heavy atom. The number of amides is 1. The number of carbonyl (C=O) groups excluding carboxylic acids is 2. The molecule has 0 unspecified atom stereocenters. The zero-order valence-corrected chi connectivity index (χ0v) is 13.5. The van der Waals surface area contributed by atoms with Crippen LogP contribution in [-0.2, 0) is 4.74 Å². The van der Waals surface area contributed by atoms with Gasteiger partial charge in [0.15, 0.2) is 5.58 Å². The van der Waals surface area contributed by atoms with Crippen LogP contribution in [-0.4, -0.2) is 39.9 Å². The summed E-state index contributed by atoms with van der Waals surface area (Å²) in [5.74, 6) is -0.226. The standard InChI is InChI=1S/C17H20N2O4/c1-17(2,3)23-16(21)19-10-6-8-12(19)14(20)15-18-11-7-4-5-9-13(11)22-15/h4-5,7,9,12H,6,8,10H2,1-3H3/t12-/m0/s1. The monoisotopic (exact) mass is 316 g/mol. The number of aromatic nitrogens is 1. The predicted octanol–water partition coefficient (Wildman–Crippen LogP) is 3.41. The lowest BCUT2D eigenvalue weighted by Gasteiger charge is -2.27. The van der Waals surface area contributed by atoms with Crippen molar-refractivity contribution in [3.05, 3.63) is 30.2 Å². The van der Waals surface area contributed by atoms with Gasteiger partial charge >= 0.3 is 6.09 Å². The van der Waals surface area contributed by atoms with E-state index >= 15 is 0 Å². The minimum atomic E-state index is -0.592. The molecule has 0 aliphatic carbocycles. The van der Waals surface area contributed by atoms with Gasteiger partial charge in [0.1, 0.15) is 17.2 Å². The number of hydrogen-bond acceptors (Lipinski definition) is 5. The van der Waals surface area contributed by atoms with Gasteiger partial charge in [-0.3, -0.25) is 9.69 Å². The average molecular weight is 316 g/mol. The van der Waals surface area contributed by atoms with Crippen LogP contribution in [0.2, 0.25) is 0 Å². The first-order valence-electron chi connectivity index (χ1n) is 7.74. The largest absolute Gasteiger partial charge is 0.444 e. The van der Waals surface area contributed by atoms with Crippen LogP contribution in [0.1, 0.15) is 44.3 Å². The van der Waals surface area contributed by atoms with Crippen molar-refractivity contribution >= 4 is 23.0 Å². The van der Waals surface area contributed by atoms with Crippen LogP contribution in [0, 0.1) is 0 Å². The Balaban J connectivity index is 1.81. The number of nitrogens with zero attached hydrogens (tertiary/aromatic N) is 2. The summed E-state index contributed by atoms with van der Waals surface area (Å²) in [6, 6.07) is 6.64. The van der Waals surface area contributed by atoms with Gasteiger partial charge in [0, 0.05) is 6.54 Å². The summed E-state index contributed by atoms with van der Waals surface area (Å²) >= 11 is 0. The third kappa shape index (κ3) is 3.21. The third-order valence-electron chi connectivity index (χ3n) is 3.69. The summed E-state index contributed by atoms with van der Waals surface area (Å²) in [6.07, 6.45) is 0.886. The Morgan fingerprint density at radius 1 is 1.30 bits per heavy atom. The fourth-order valence-corrected chi connectivity index (χ4v) is 2.70. The van der Waals surface area contributed by atoms with Crippen molar-refractivity contribution in [3.8, 4) is 0 Å². The second kappa shape index (κ2) is 5.68. The summed E-state index contributed by atoms with van der Waals surface area (Å²) in [6.45, 7) is 5.92. The Labute approximate surface area is 134 Å². The van der Waals surface area contributed by atoms with E-state index in [2.05, 4.69) is 4.98 Å². The Hall–Kier alpha value is -2.37. The number of ether oxygens (including phenoxy) is 1. The number of fused-ring (bicyclic) bond motifs is 1. The highest BCUT2D eigenvalue weighted by Gasteiger charge is 2.38. The molecule has 0 saturated carbocycles.